The number of amides is 1. The second kappa shape index (κ2) is 5.67. The number of aromatic nitrogens is 2. The molecular formula is C17H14F3N3O. The molecule has 24 heavy (non-hydrogen) atoms. The standard InChI is InChI=1S/C17H14F3N3O/c1-10-11(2)23-9-14(7-8-15(23)21-10)22-16(24)12-3-5-13(6-4-12)17(18,19)20/h3-9H,1-2H3,(H,22,24). The molecule has 0 aliphatic rings. The van der Waals surface area contributed by atoms with Gasteiger partial charge in [0.25, 0.3) is 5.91 Å². The summed E-state index contributed by atoms with van der Waals surface area (Å²) in [5.74, 6) is -0.474. The van der Waals surface area contributed by atoms with Gasteiger partial charge in [-0.2, -0.15) is 13.2 Å². The van der Waals surface area contributed by atoms with Crippen LogP contribution in [0.25, 0.3) is 5.65 Å². The van der Waals surface area contributed by atoms with Crippen molar-refractivity contribution in [3.8, 4) is 0 Å². The maximum atomic E-state index is 12.5. The number of anilines is 1. The lowest BCUT2D eigenvalue weighted by atomic mass is 10.1. The molecule has 0 fully saturated rings. The maximum absolute atomic E-state index is 12.5. The predicted octanol–water partition coefficient (Wildman–Crippen LogP) is 4.22. The van der Waals surface area contributed by atoms with Crippen LogP contribution < -0.4 is 5.32 Å². The number of aryl methyl sites for hydroxylation is 2. The van der Waals surface area contributed by atoms with Crippen molar-refractivity contribution in [3.05, 3.63) is 65.1 Å². The number of hydrogen-bond donors (Lipinski definition) is 1. The van der Waals surface area contributed by atoms with Gasteiger partial charge >= 0.3 is 6.18 Å². The zero-order valence-electron chi connectivity index (χ0n) is 13.0. The molecule has 0 spiro atoms. The summed E-state index contributed by atoms with van der Waals surface area (Å²) in [7, 11) is 0. The number of pyridine rings is 1. The normalized spacial score (nSPS) is 11.7. The number of hydrogen-bond acceptors (Lipinski definition) is 2. The summed E-state index contributed by atoms with van der Waals surface area (Å²) in [6.45, 7) is 3.81. The molecule has 0 unspecified atom stereocenters. The molecule has 124 valence electrons. The van der Waals surface area contributed by atoms with Crippen molar-refractivity contribution in [2.75, 3.05) is 5.32 Å². The fourth-order valence-corrected chi connectivity index (χ4v) is 2.37. The Kier molecular flexibility index (Phi) is 3.79. The van der Waals surface area contributed by atoms with Crippen LogP contribution in [0.15, 0.2) is 42.6 Å². The van der Waals surface area contributed by atoms with E-state index in [9.17, 15) is 18.0 Å². The first-order chi connectivity index (χ1) is 11.3. The summed E-state index contributed by atoms with van der Waals surface area (Å²) in [5, 5.41) is 2.68. The molecule has 0 radical (unpaired) electrons. The van der Waals surface area contributed by atoms with Crippen molar-refractivity contribution in [1.29, 1.82) is 0 Å². The highest BCUT2D eigenvalue weighted by Crippen LogP contribution is 2.29. The second-order valence-corrected chi connectivity index (χ2v) is 5.46. The van der Waals surface area contributed by atoms with Gasteiger partial charge in [-0.05, 0) is 50.2 Å². The first-order valence-electron chi connectivity index (χ1n) is 7.19. The highest BCUT2D eigenvalue weighted by Gasteiger charge is 2.30. The Hall–Kier alpha value is -2.83. The molecule has 0 saturated carbocycles. The number of halogens is 3. The minimum atomic E-state index is -4.42. The number of benzene rings is 1. The number of imidazole rings is 1. The third-order valence-electron chi connectivity index (χ3n) is 3.83. The highest BCUT2D eigenvalue weighted by molar-refractivity contribution is 6.04. The van der Waals surface area contributed by atoms with E-state index in [2.05, 4.69) is 10.3 Å². The van der Waals surface area contributed by atoms with Gasteiger partial charge in [0.15, 0.2) is 0 Å². The largest absolute Gasteiger partial charge is 0.416 e. The fourth-order valence-electron chi connectivity index (χ4n) is 2.37. The zero-order chi connectivity index (χ0) is 17.5. The van der Waals surface area contributed by atoms with E-state index in [1.54, 1.807) is 18.3 Å². The fraction of sp³-hybridized carbons (Fsp3) is 0.176. The lowest BCUT2D eigenvalue weighted by Gasteiger charge is -2.09. The van der Waals surface area contributed by atoms with Crippen LogP contribution in [0.2, 0.25) is 0 Å². The van der Waals surface area contributed by atoms with Crippen LogP contribution in [0.1, 0.15) is 27.3 Å². The summed E-state index contributed by atoms with van der Waals surface area (Å²) in [5.41, 5.74) is 2.51. The van der Waals surface area contributed by atoms with E-state index >= 15 is 0 Å². The van der Waals surface area contributed by atoms with Crippen LogP contribution in [-0.2, 0) is 6.18 Å². The number of nitrogens with zero attached hydrogens (tertiary/aromatic N) is 2. The molecule has 0 aliphatic heterocycles. The number of carbonyl (C=O) groups excluding carboxylic acids is 1. The van der Waals surface area contributed by atoms with Gasteiger partial charge in [-0.3, -0.25) is 4.79 Å². The molecule has 0 aliphatic carbocycles. The third-order valence-corrected chi connectivity index (χ3v) is 3.83. The number of nitrogens with one attached hydrogen (secondary N) is 1. The maximum Gasteiger partial charge on any atom is 0.416 e. The average Bonchev–Trinajstić information content (AvgIpc) is 2.81. The molecule has 0 saturated heterocycles. The van der Waals surface area contributed by atoms with Crippen LogP contribution in [0.3, 0.4) is 0 Å². The van der Waals surface area contributed by atoms with Gasteiger partial charge in [0.2, 0.25) is 0 Å². The van der Waals surface area contributed by atoms with E-state index in [-0.39, 0.29) is 5.56 Å². The van der Waals surface area contributed by atoms with Gasteiger partial charge in [-0.15, -0.1) is 0 Å². The van der Waals surface area contributed by atoms with Gasteiger partial charge < -0.3 is 9.72 Å². The summed E-state index contributed by atoms with van der Waals surface area (Å²) < 4.78 is 39.5. The topological polar surface area (TPSA) is 46.4 Å². The summed E-state index contributed by atoms with van der Waals surface area (Å²) >= 11 is 0. The van der Waals surface area contributed by atoms with Crippen LogP contribution in [0, 0.1) is 13.8 Å². The van der Waals surface area contributed by atoms with Gasteiger partial charge in [0, 0.05) is 17.5 Å². The van der Waals surface area contributed by atoms with E-state index in [0.29, 0.717) is 5.69 Å². The van der Waals surface area contributed by atoms with Crippen molar-refractivity contribution in [3.63, 3.8) is 0 Å². The van der Waals surface area contributed by atoms with E-state index in [1.165, 1.54) is 0 Å². The average molecular weight is 333 g/mol. The predicted molar refractivity (Wildman–Crippen MR) is 84.1 cm³/mol. The Morgan fingerprint density at radius 2 is 1.75 bits per heavy atom. The second-order valence-electron chi connectivity index (χ2n) is 5.46. The highest BCUT2D eigenvalue weighted by atomic mass is 19.4. The molecule has 1 N–H and O–H groups in total. The van der Waals surface area contributed by atoms with Gasteiger partial charge in [-0.1, -0.05) is 0 Å². The number of alkyl halides is 3. The molecular weight excluding hydrogens is 319 g/mol. The van der Waals surface area contributed by atoms with Crippen molar-refractivity contribution in [1.82, 2.24) is 9.38 Å². The number of carbonyl (C=O) groups is 1. The monoisotopic (exact) mass is 333 g/mol. The lowest BCUT2D eigenvalue weighted by molar-refractivity contribution is -0.137. The number of rotatable bonds is 2. The molecule has 3 rings (SSSR count). The zero-order valence-corrected chi connectivity index (χ0v) is 13.0. The van der Waals surface area contributed by atoms with E-state index in [4.69, 9.17) is 0 Å². The van der Waals surface area contributed by atoms with Crippen LogP contribution in [0.5, 0.6) is 0 Å². The van der Waals surface area contributed by atoms with Crippen LogP contribution >= 0.6 is 0 Å². The molecule has 7 heteroatoms. The molecule has 2 aromatic heterocycles. The van der Waals surface area contributed by atoms with Crippen LogP contribution in [0.4, 0.5) is 18.9 Å². The van der Waals surface area contributed by atoms with Crippen LogP contribution in [-0.4, -0.2) is 15.3 Å². The van der Waals surface area contributed by atoms with E-state index < -0.39 is 17.6 Å². The van der Waals surface area contributed by atoms with Gasteiger partial charge in [0.1, 0.15) is 5.65 Å². The first kappa shape index (κ1) is 16.0. The Morgan fingerprint density at radius 1 is 1.08 bits per heavy atom. The summed E-state index contributed by atoms with van der Waals surface area (Å²) in [6, 6.07) is 7.56. The van der Waals surface area contributed by atoms with Crippen molar-refractivity contribution < 1.29 is 18.0 Å². The van der Waals surface area contributed by atoms with Gasteiger partial charge in [-0.25, -0.2) is 4.98 Å². The van der Waals surface area contributed by atoms with E-state index in [0.717, 1.165) is 41.3 Å². The Bertz CT molecular complexity index is 911. The summed E-state index contributed by atoms with van der Waals surface area (Å²) in [6.07, 6.45) is -2.69. The summed E-state index contributed by atoms with van der Waals surface area (Å²) in [4.78, 5) is 16.6. The smallest absolute Gasteiger partial charge is 0.321 e. The minimum absolute atomic E-state index is 0.154. The Labute approximate surface area is 135 Å². The molecule has 1 aromatic carbocycles. The van der Waals surface area contributed by atoms with Crippen molar-refractivity contribution >= 4 is 17.2 Å². The van der Waals surface area contributed by atoms with Gasteiger partial charge in [0.05, 0.1) is 16.9 Å². The SMILES string of the molecule is Cc1nc2ccc(NC(=O)c3ccc(C(F)(F)F)cc3)cn2c1C. The first-order valence-corrected chi connectivity index (χ1v) is 7.19. The molecule has 1 amide bonds. The quantitative estimate of drug-likeness (QED) is 0.763. The number of fused-ring (bicyclic) bond motifs is 1. The van der Waals surface area contributed by atoms with Crippen molar-refractivity contribution in [2.45, 2.75) is 20.0 Å². The molecule has 4 nitrogen and oxygen atoms in total. The Balaban J connectivity index is 1.83. The molecule has 3 aromatic rings. The lowest BCUT2D eigenvalue weighted by Crippen LogP contribution is -2.13. The van der Waals surface area contributed by atoms with Crippen molar-refractivity contribution in [2.24, 2.45) is 0 Å². The van der Waals surface area contributed by atoms with E-state index in [1.807, 2.05) is 18.2 Å². The molecule has 2 heterocycles. The molecule has 0 bridgehead atoms. The third kappa shape index (κ3) is 2.97. The minimum Gasteiger partial charge on any atom is -0.321 e. The Morgan fingerprint density at radius 3 is 2.38 bits per heavy atom. The molecule has 0 atom stereocenters.